The van der Waals surface area contributed by atoms with Gasteiger partial charge in [0.05, 0.1) is 5.69 Å². The number of hydrogen-bond acceptors (Lipinski definition) is 3. The van der Waals surface area contributed by atoms with Crippen LogP contribution in [0, 0.1) is 6.92 Å². The number of fused-ring (bicyclic) bond motifs is 1. The molecule has 13 heavy (non-hydrogen) atoms. The Balaban J connectivity index is 2.48. The van der Waals surface area contributed by atoms with E-state index in [1.54, 1.807) is 6.20 Å². The van der Waals surface area contributed by atoms with Gasteiger partial charge in [-0.25, -0.2) is 4.98 Å². The third-order valence-corrected chi connectivity index (χ3v) is 2.15. The minimum absolute atomic E-state index is 0.0106. The zero-order valence-electron chi connectivity index (χ0n) is 7.59. The number of aryl methyl sites for hydroxylation is 1. The predicted octanol–water partition coefficient (Wildman–Crippen LogP) is 1.14. The molecule has 0 saturated carbocycles. The second-order valence-electron chi connectivity index (χ2n) is 3.21. The molecule has 0 aliphatic carbocycles. The molecule has 1 aromatic heterocycles. The second kappa shape index (κ2) is 2.73. The molecule has 4 heteroatoms. The van der Waals surface area contributed by atoms with Crippen molar-refractivity contribution >= 4 is 17.4 Å². The Labute approximate surface area is 76.4 Å². The molecular weight excluding hydrogens is 166 g/mol. The summed E-state index contributed by atoms with van der Waals surface area (Å²) in [6.45, 7) is 3.75. The molecule has 1 unspecified atom stereocenters. The largest absolute Gasteiger partial charge is 0.357 e. The van der Waals surface area contributed by atoms with Gasteiger partial charge in [-0.15, -0.1) is 0 Å². The molecule has 2 N–H and O–H groups in total. The van der Waals surface area contributed by atoms with E-state index in [1.807, 2.05) is 19.9 Å². The smallest absolute Gasteiger partial charge is 0.246 e. The molecule has 0 aromatic carbocycles. The number of anilines is 2. The Bertz CT molecular complexity index is 362. The van der Waals surface area contributed by atoms with Crippen LogP contribution in [0.3, 0.4) is 0 Å². The Kier molecular flexibility index (Phi) is 1.69. The van der Waals surface area contributed by atoms with Crippen LogP contribution in [0.15, 0.2) is 12.3 Å². The van der Waals surface area contributed by atoms with Gasteiger partial charge >= 0.3 is 0 Å². The van der Waals surface area contributed by atoms with Crippen LogP contribution in [-0.2, 0) is 4.79 Å². The number of nitrogens with one attached hydrogen (secondary N) is 2. The molecule has 0 saturated heterocycles. The number of aromatic nitrogens is 1. The molecule has 1 aliphatic rings. The fourth-order valence-electron chi connectivity index (χ4n) is 1.33. The lowest BCUT2D eigenvalue weighted by atomic mass is 10.1. The average molecular weight is 177 g/mol. The summed E-state index contributed by atoms with van der Waals surface area (Å²) in [5.41, 5.74) is 1.82. The van der Waals surface area contributed by atoms with Gasteiger partial charge < -0.3 is 10.6 Å². The molecule has 2 heterocycles. The molecule has 1 atom stereocenters. The Hall–Kier alpha value is -1.58. The summed E-state index contributed by atoms with van der Waals surface area (Å²) in [5.74, 6) is 0.746. The minimum Gasteiger partial charge on any atom is -0.357 e. The first-order valence-corrected chi connectivity index (χ1v) is 4.21. The number of carbonyl (C=O) groups excluding carboxylic acids is 1. The SMILES string of the molecule is Cc1ccnc2c1NC(=O)C(C)N2. The number of rotatable bonds is 0. The van der Waals surface area contributed by atoms with Gasteiger partial charge in [0.2, 0.25) is 5.91 Å². The van der Waals surface area contributed by atoms with Crippen LogP contribution < -0.4 is 10.6 Å². The number of hydrogen-bond donors (Lipinski definition) is 2. The fraction of sp³-hybridized carbons (Fsp3) is 0.333. The minimum atomic E-state index is -0.207. The Morgan fingerprint density at radius 1 is 1.54 bits per heavy atom. The van der Waals surface area contributed by atoms with Crippen molar-refractivity contribution in [3.8, 4) is 0 Å². The molecule has 2 rings (SSSR count). The first-order chi connectivity index (χ1) is 6.18. The summed E-state index contributed by atoms with van der Waals surface area (Å²) >= 11 is 0. The standard InChI is InChI=1S/C9H11N3O/c1-5-3-4-10-8-7(5)12-9(13)6(2)11-8/h3-4,6H,1-2H3,(H,10,11)(H,12,13). The Morgan fingerprint density at radius 2 is 2.31 bits per heavy atom. The predicted molar refractivity (Wildman–Crippen MR) is 50.7 cm³/mol. The molecule has 1 amide bonds. The van der Waals surface area contributed by atoms with Crippen molar-refractivity contribution < 1.29 is 4.79 Å². The zero-order chi connectivity index (χ0) is 9.42. The van der Waals surface area contributed by atoms with E-state index in [2.05, 4.69) is 15.6 Å². The van der Waals surface area contributed by atoms with Crippen LogP contribution in [0.5, 0.6) is 0 Å². The lowest BCUT2D eigenvalue weighted by Gasteiger charge is -2.24. The van der Waals surface area contributed by atoms with Gasteiger partial charge in [0.25, 0.3) is 0 Å². The molecule has 1 aromatic rings. The maximum Gasteiger partial charge on any atom is 0.246 e. The van der Waals surface area contributed by atoms with Gasteiger partial charge in [-0.05, 0) is 25.5 Å². The van der Waals surface area contributed by atoms with Crippen molar-refractivity contribution in [3.63, 3.8) is 0 Å². The van der Waals surface area contributed by atoms with Crippen molar-refractivity contribution in [2.75, 3.05) is 10.6 Å². The highest BCUT2D eigenvalue weighted by Gasteiger charge is 2.22. The van der Waals surface area contributed by atoms with Crippen LogP contribution in [0.4, 0.5) is 11.5 Å². The van der Waals surface area contributed by atoms with E-state index in [4.69, 9.17) is 0 Å². The maximum atomic E-state index is 11.3. The van der Waals surface area contributed by atoms with Crippen molar-refractivity contribution in [2.45, 2.75) is 19.9 Å². The summed E-state index contributed by atoms with van der Waals surface area (Å²) in [7, 11) is 0. The van der Waals surface area contributed by atoms with Gasteiger partial charge in [-0.2, -0.15) is 0 Å². The maximum absolute atomic E-state index is 11.3. The van der Waals surface area contributed by atoms with Crippen molar-refractivity contribution in [3.05, 3.63) is 17.8 Å². The van der Waals surface area contributed by atoms with Crippen LogP contribution in [0.2, 0.25) is 0 Å². The highest BCUT2D eigenvalue weighted by atomic mass is 16.2. The van der Waals surface area contributed by atoms with Gasteiger partial charge in [0, 0.05) is 6.20 Å². The number of pyridine rings is 1. The summed E-state index contributed by atoms with van der Waals surface area (Å²) in [6, 6.07) is 1.67. The first kappa shape index (κ1) is 8.04. The van der Waals surface area contributed by atoms with Gasteiger partial charge in [0.15, 0.2) is 5.82 Å². The zero-order valence-corrected chi connectivity index (χ0v) is 7.59. The van der Waals surface area contributed by atoms with E-state index in [-0.39, 0.29) is 11.9 Å². The lowest BCUT2D eigenvalue weighted by molar-refractivity contribution is -0.116. The van der Waals surface area contributed by atoms with Crippen LogP contribution in [0.1, 0.15) is 12.5 Å². The van der Waals surface area contributed by atoms with Crippen molar-refractivity contribution in [2.24, 2.45) is 0 Å². The monoisotopic (exact) mass is 177 g/mol. The van der Waals surface area contributed by atoms with Gasteiger partial charge in [0.1, 0.15) is 6.04 Å². The second-order valence-corrected chi connectivity index (χ2v) is 3.21. The molecule has 0 fully saturated rings. The third-order valence-electron chi connectivity index (χ3n) is 2.15. The molecule has 0 bridgehead atoms. The molecule has 68 valence electrons. The third kappa shape index (κ3) is 1.24. The first-order valence-electron chi connectivity index (χ1n) is 4.21. The number of amides is 1. The molecule has 1 aliphatic heterocycles. The summed E-state index contributed by atoms with van der Waals surface area (Å²) < 4.78 is 0. The van der Waals surface area contributed by atoms with Gasteiger partial charge in [-0.3, -0.25) is 4.79 Å². The molecule has 0 radical (unpaired) electrons. The molecule has 0 spiro atoms. The van der Waals surface area contributed by atoms with E-state index in [0.717, 1.165) is 17.1 Å². The topological polar surface area (TPSA) is 54.0 Å². The van der Waals surface area contributed by atoms with Crippen molar-refractivity contribution in [1.82, 2.24) is 4.98 Å². The Morgan fingerprint density at radius 3 is 3.08 bits per heavy atom. The lowest BCUT2D eigenvalue weighted by Crippen LogP contribution is -2.37. The van der Waals surface area contributed by atoms with E-state index < -0.39 is 0 Å². The summed E-state index contributed by atoms with van der Waals surface area (Å²) in [5, 5.41) is 5.84. The number of nitrogens with zero attached hydrogens (tertiary/aromatic N) is 1. The average Bonchev–Trinajstić information content (AvgIpc) is 2.09. The van der Waals surface area contributed by atoms with E-state index in [0.29, 0.717) is 0 Å². The van der Waals surface area contributed by atoms with E-state index >= 15 is 0 Å². The molecular formula is C9H11N3O. The highest BCUT2D eigenvalue weighted by molar-refractivity contribution is 6.02. The van der Waals surface area contributed by atoms with Gasteiger partial charge in [-0.1, -0.05) is 0 Å². The number of carbonyl (C=O) groups is 1. The summed E-state index contributed by atoms with van der Waals surface area (Å²) in [4.78, 5) is 15.4. The van der Waals surface area contributed by atoms with E-state index in [9.17, 15) is 4.79 Å². The normalized spacial score (nSPS) is 20.2. The van der Waals surface area contributed by atoms with Crippen LogP contribution in [-0.4, -0.2) is 16.9 Å². The fourth-order valence-corrected chi connectivity index (χ4v) is 1.33. The quantitative estimate of drug-likeness (QED) is 0.624. The van der Waals surface area contributed by atoms with Crippen molar-refractivity contribution in [1.29, 1.82) is 0 Å². The summed E-state index contributed by atoms with van der Waals surface area (Å²) in [6.07, 6.45) is 1.73. The van der Waals surface area contributed by atoms with E-state index in [1.165, 1.54) is 0 Å². The van der Waals surface area contributed by atoms with Crippen LogP contribution >= 0.6 is 0 Å². The van der Waals surface area contributed by atoms with Crippen LogP contribution in [0.25, 0.3) is 0 Å². The highest BCUT2D eigenvalue weighted by Crippen LogP contribution is 2.26. The molecule has 4 nitrogen and oxygen atoms in total.